The predicted molar refractivity (Wildman–Crippen MR) is 53.7 cm³/mol. The molecule has 1 heterocycles. The molecule has 2 rings (SSSR count). The van der Waals surface area contributed by atoms with Crippen molar-refractivity contribution in [2.24, 2.45) is 11.3 Å². The van der Waals surface area contributed by atoms with E-state index in [2.05, 4.69) is 19.2 Å². The van der Waals surface area contributed by atoms with Gasteiger partial charge in [0.25, 0.3) is 0 Å². The Morgan fingerprint density at radius 2 is 2.15 bits per heavy atom. The van der Waals surface area contributed by atoms with Crippen LogP contribution in [0.1, 0.15) is 33.1 Å². The summed E-state index contributed by atoms with van der Waals surface area (Å²) < 4.78 is 5.54. The van der Waals surface area contributed by atoms with Crippen LogP contribution in [-0.2, 0) is 4.74 Å². The van der Waals surface area contributed by atoms with E-state index in [4.69, 9.17) is 4.74 Å². The first-order valence-electron chi connectivity index (χ1n) is 5.51. The SMILES string of the molecule is CC1(C)CC1CNCC1CCCO1. The van der Waals surface area contributed by atoms with Crippen molar-refractivity contribution in [1.82, 2.24) is 5.32 Å². The van der Waals surface area contributed by atoms with Crippen LogP contribution in [0.5, 0.6) is 0 Å². The smallest absolute Gasteiger partial charge is 0.0700 e. The first kappa shape index (κ1) is 9.47. The molecular formula is C11H21NO. The second kappa shape index (κ2) is 3.58. The van der Waals surface area contributed by atoms with E-state index < -0.39 is 0 Å². The zero-order valence-corrected chi connectivity index (χ0v) is 8.81. The fraction of sp³-hybridized carbons (Fsp3) is 1.00. The summed E-state index contributed by atoms with van der Waals surface area (Å²) in [7, 11) is 0. The van der Waals surface area contributed by atoms with Crippen molar-refractivity contribution < 1.29 is 4.74 Å². The normalized spacial score (nSPS) is 36.5. The Hall–Kier alpha value is -0.0800. The van der Waals surface area contributed by atoms with E-state index in [1.165, 1.54) is 25.8 Å². The van der Waals surface area contributed by atoms with Gasteiger partial charge in [0, 0.05) is 13.2 Å². The predicted octanol–water partition coefficient (Wildman–Crippen LogP) is 1.80. The molecule has 1 saturated carbocycles. The lowest BCUT2D eigenvalue weighted by Crippen LogP contribution is -2.28. The van der Waals surface area contributed by atoms with Crippen molar-refractivity contribution in [2.45, 2.75) is 39.2 Å². The quantitative estimate of drug-likeness (QED) is 0.717. The zero-order valence-electron chi connectivity index (χ0n) is 8.81. The molecule has 0 aromatic rings. The fourth-order valence-electron chi connectivity index (χ4n) is 2.15. The molecule has 2 nitrogen and oxygen atoms in total. The highest BCUT2D eigenvalue weighted by molar-refractivity contribution is 4.96. The maximum atomic E-state index is 5.54. The number of rotatable bonds is 4. The van der Waals surface area contributed by atoms with Gasteiger partial charge in [-0.15, -0.1) is 0 Å². The van der Waals surface area contributed by atoms with Gasteiger partial charge in [-0.2, -0.15) is 0 Å². The van der Waals surface area contributed by atoms with E-state index >= 15 is 0 Å². The molecule has 2 unspecified atom stereocenters. The van der Waals surface area contributed by atoms with Crippen LogP contribution in [-0.4, -0.2) is 25.8 Å². The summed E-state index contributed by atoms with van der Waals surface area (Å²) in [6.45, 7) is 7.93. The molecule has 76 valence electrons. The Morgan fingerprint density at radius 1 is 1.38 bits per heavy atom. The largest absolute Gasteiger partial charge is 0.377 e. The lowest BCUT2D eigenvalue weighted by Gasteiger charge is -2.11. The maximum absolute atomic E-state index is 5.54. The van der Waals surface area contributed by atoms with Crippen molar-refractivity contribution in [3.63, 3.8) is 0 Å². The van der Waals surface area contributed by atoms with Crippen molar-refractivity contribution in [3.8, 4) is 0 Å². The van der Waals surface area contributed by atoms with Gasteiger partial charge >= 0.3 is 0 Å². The van der Waals surface area contributed by atoms with Gasteiger partial charge in [-0.05, 0) is 37.1 Å². The third-order valence-electron chi connectivity index (χ3n) is 3.50. The van der Waals surface area contributed by atoms with E-state index in [1.54, 1.807) is 0 Å². The summed E-state index contributed by atoms with van der Waals surface area (Å²) in [5, 5.41) is 3.52. The van der Waals surface area contributed by atoms with E-state index in [0.717, 1.165) is 19.1 Å². The zero-order chi connectivity index (χ0) is 9.31. The average Bonchev–Trinajstić information content (AvgIpc) is 2.53. The highest BCUT2D eigenvalue weighted by Crippen LogP contribution is 2.50. The first-order valence-corrected chi connectivity index (χ1v) is 5.51. The molecule has 0 radical (unpaired) electrons. The van der Waals surface area contributed by atoms with Crippen LogP contribution < -0.4 is 5.32 Å². The summed E-state index contributed by atoms with van der Waals surface area (Å²) >= 11 is 0. The van der Waals surface area contributed by atoms with Crippen molar-refractivity contribution in [2.75, 3.05) is 19.7 Å². The van der Waals surface area contributed by atoms with E-state index in [1.807, 2.05) is 0 Å². The topological polar surface area (TPSA) is 21.3 Å². The van der Waals surface area contributed by atoms with Crippen LogP contribution in [0.4, 0.5) is 0 Å². The van der Waals surface area contributed by atoms with Gasteiger partial charge < -0.3 is 10.1 Å². The fourth-order valence-corrected chi connectivity index (χ4v) is 2.15. The van der Waals surface area contributed by atoms with Gasteiger partial charge in [0.05, 0.1) is 6.10 Å². The van der Waals surface area contributed by atoms with Crippen LogP contribution in [0.25, 0.3) is 0 Å². The van der Waals surface area contributed by atoms with Gasteiger partial charge in [-0.1, -0.05) is 13.8 Å². The molecule has 13 heavy (non-hydrogen) atoms. The molecule has 1 aliphatic heterocycles. The van der Waals surface area contributed by atoms with Crippen LogP contribution in [0.3, 0.4) is 0 Å². The molecule has 2 fully saturated rings. The average molecular weight is 183 g/mol. The molecule has 2 aliphatic rings. The van der Waals surface area contributed by atoms with Crippen molar-refractivity contribution in [1.29, 1.82) is 0 Å². The molecule has 1 aliphatic carbocycles. The number of hydrogen-bond acceptors (Lipinski definition) is 2. The molecule has 0 bridgehead atoms. The molecule has 1 saturated heterocycles. The molecule has 0 spiro atoms. The van der Waals surface area contributed by atoms with Crippen LogP contribution in [0, 0.1) is 11.3 Å². The maximum Gasteiger partial charge on any atom is 0.0700 e. The minimum absolute atomic E-state index is 0.502. The first-order chi connectivity index (χ1) is 6.18. The third-order valence-corrected chi connectivity index (χ3v) is 3.50. The molecule has 2 heteroatoms. The lowest BCUT2D eigenvalue weighted by atomic mass is 10.1. The third kappa shape index (κ3) is 2.44. The minimum atomic E-state index is 0.502. The summed E-state index contributed by atoms with van der Waals surface area (Å²) in [5.41, 5.74) is 0.615. The van der Waals surface area contributed by atoms with E-state index in [0.29, 0.717) is 11.5 Å². The van der Waals surface area contributed by atoms with E-state index in [9.17, 15) is 0 Å². The second-order valence-corrected chi connectivity index (χ2v) is 5.18. The molecule has 1 N–H and O–H groups in total. The lowest BCUT2D eigenvalue weighted by molar-refractivity contribution is 0.110. The second-order valence-electron chi connectivity index (χ2n) is 5.18. The monoisotopic (exact) mass is 183 g/mol. The molecule has 0 aromatic heterocycles. The van der Waals surface area contributed by atoms with Crippen molar-refractivity contribution >= 4 is 0 Å². The molecule has 2 atom stereocenters. The van der Waals surface area contributed by atoms with Crippen LogP contribution in [0.2, 0.25) is 0 Å². The van der Waals surface area contributed by atoms with Crippen LogP contribution >= 0.6 is 0 Å². The summed E-state index contributed by atoms with van der Waals surface area (Å²) in [6, 6.07) is 0. The minimum Gasteiger partial charge on any atom is -0.377 e. The summed E-state index contributed by atoms with van der Waals surface area (Å²) in [6.07, 6.45) is 4.40. The van der Waals surface area contributed by atoms with Gasteiger partial charge in [-0.25, -0.2) is 0 Å². The molecular weight excluding hydrogens is 162 g/mol. The number of ether oxygens (including phenoxy) is 1. The Bertz CT molecular complexity index is 168. The highest BCUT2D eigenvalue weighted by Gasteiger charge is 2.44. The Balaban J connectivity index is 1.54. The Kier molecular flexibility index (Phi) is 2.61. The Morgan fingerprint density at radius 3 is 2.69 bits per heavy atom. The Labute approximate surface area is 81.0 Å². The number of hydrogen-bond donors (Lipinski definition) is 1. The van der Waals surface area contributed by atoms with Crippen LogP contribution in [0.15, 0.2) is 0 Å². The highest BCUT2D eigenvalue weighted by atomic mass is 16.5. The molecule has 0 amide bonds. The van der Waals surface area contributed by atoms with Gasteiger partial charge in [0.1, 0.15) is 0 Å². The van der Waals surface area contributed by atoms with Gasteiger partial charge in [0.2, 0.25) is 0 Å². The summed E-state index contributed by atoms with van der Waals surface area (Å²) in [5.74, 6) is 0.911. The summed E-state index contributed by atoms with van der Waals surface area (Å²) in [4.78, 5) is 0. The van der Waals surface area contributed by atoms with Gasteiger partial charge in [-0.3, -0.25) is 0 Å². The standard InChI is InChI=1S/C11H21NO/c1-11(2)6-9(11)7-12-8-10-4-3-5-13-10/h9-10,12H,3-8H2,1-2H3. The van der Waals surface area contributed by atoms with Crippen molar-refractivity contribution in [3.05, 3.63) is 0 Å². The van der Waals surface area contributed by atoms with E-state index in [-0.39, 0.29) is 0 Å². The number of nitrogens with one attached hydrogen (secondary N) is 1. The van der Waals surface area contributed by atoms with Gasteiger partial charge in [0.15, 0.2) is 0 Å². The molecule has 0 aromatic carbocycles.